The molecule has 2 N–H and O–H groups in total. The molecule has 20 heavy (non-hydrogen) atoms. The summed E-state index contributed by atoms with van der Waals surface area (Å²) < 4.78 is 0. The fourth-order valence-corrected chi connectivity index (χ4v) is 1.90. The van der Waals surface area contributed by atoms with Gasteiger partial charge >= 0.3 is 0 Å². The van der Waals surface area contributed by atoms with Gasteiger partial charge in [0.05, 0.1) is 4.92 Å². The van der Waals surface area contributed by atoms with E-state index in [2.05, 4.69) is 5.16 Å². The van der Waals surface area contributed by atoms with Gasteiger partial charge in [0.2, 0.25) is 0 Å². The van der Waals surface area contributed by atoms with E-state index in [9.17, 15) is 15.2 Å². The highest BCUT2D eigenvalue weighted by molar-refractivity contribution is 6.31. The molecule has 0 aliphatic heterocycles. The van der Waals surface area contributed by atoms with E-state index < -0.39 is 4.92 Å². The van der Waals surface area contributed by atoms with Gasteiger partial charge in [-0.1, -0.05) is 28.9 Å². The highest BCUT2D eigenvalue weighted by Gasteiger charge is 2.16. The molecule has 0 unspecified atom stereocenters. The first-order valence-electron chi connectivity index (χ1n) is 5.48. The average Bonchev–Trinajstić information content (AvgIpc) is 2.44. The second-order valence-corrected chi connectivity index (χ2v) is 4.35. The van der Waals surface area contributed by atoms with Gasteiger partial charge in [0, 0.05) is 28.3 Å². The normalized spacial score (nSPS) is 11.3. The quantitative estimate of drug-likeness (QED) is 0.393. The number of nitrogens with zero attached hydrogens (tertiary/aromatic N) is 2. The second-order valence-electron chi connectivity index (χ2n) is 3.92. The van der Waals surface area contributed by atoms with Crippen LogP contribution in [-0.2, 0) is 0 Å². The Labute approximate surface area is 118 Å². The number of oxime groups is 1. The lowest BCUT2D eigenvalue weighted by Crippen LogP contribution is -2.04. The molecule has 6 nitrogen and oxygen atoms in total. The third kappa shape index (κ3) is 2.70. The molecular formula is C13H9ClN2O4. The monoisotopic (exact) mass is 292 g/mol. The van der Waals surface area contributed by atoms with Crippen molar-refractivity contribution in [3.63, 3.8) is 0 Å². The van der Waals surface area contributed by atoms with Crippen LogP contribution in [0.2, 0.25) is 5.02 Å². The van der Waals surface area contributed by atoms with Gasteiger partial charge in [-0.05, 0) is 18.2 Å². The fourth-order valence-electron chi connectivity index (χ4n) is 1.73. The first-order chi connectivity index (χ1) is 9.52. The lowest BCUT2D eigenvalue weighted by atomic mass is 10.0. The first kappa shape index (κ1) is 13.8. The topological polar surface area (TPSA) is 96.0 Å². The summed E-state index contributed by atoms with van der Waals surface area (Å²) in [5.41, 5.74) is 0.318. The number of phenols is 1. The van der Waals surface area contributed by atoms with Crippen LogP contribution < -0.4 is 0 Å². The molecule has 0 radical (unpaired) electrons. The zero-order chi connectivity index (χ0) is 14.7. The third-order valence-electron chi connectivity index (χ3n) is 2.64. The van der Waals surface area contributed by atoms with E-state index in [4.69, 9.17) is 16.8 Å². The van der Waals surface area contributed by atoms with E-state index >= 15 is 0 Å². The molecule has 0 saturated carbocycles. The van der Waals surface area contributed by atoms with Gasteiger partial charge < -0.3 is 10.3 Å². The average molecular weight is 293 g/mol. The van der Waals surface area contributed by atoms with E-state index in [-0.39, 0.29) is 22.7 Å². The third-order valence-corrected chi connectivity index (χ3v) is 2.88. The molecule has 0 amide bonds. The van der Waals surface area contributed by atoms with Crippen molar-refractivity contribution in [2.75, 3.05) is 0 Å². The Balaban J connectivity index is 2.56. The predicted molar refractivity (Wildman–Crippen MR) is 73.6 cm³/mol. The maximum Gasteiger partial charge on any atom is 0.270 e. The Bertz CT molecular complexity index is 701. The summed E-state index contributed by atoms with van der Waals surface area (Å²) >= 11 is 5.83. The zero-order valence-corrected chi connectivity index (χ0v) is 10.8. The summed E-state index contributed by atoms with van der Waals surface area (Å²) in [5, 5.41) is 33.1. The second kappa shape index (κ2) is 5.58. The molecule has 0 saturated heterocycles. The van der Waals surface area contributed by atoms with Crippen molar-refractivity contribution in [3.05, 3.63) is 68.7 Å². The van der Waals surface area contributed by atoms with Crippen LogP contribution >= 0.6 is 11.6 Å². The predicted octanol–water partition coefficient (Wildman–Crippen LogP) is 3.18. The van der Waals surface area contributed by atoms with Gasteiger partial charge in [0.1, 0.15) is 11.5 Å². The van der Waals surface area contributed by atoms with Crippen molar-refractivity contribution in [1.29, 1.82) is 0 Å². The summed E-state index contributed by atoms with van der Waals surface area (Å²) in [6, 6.07) is 9.78. The maximum absolute atomic E-state index is 10.8. The lowest BCUT2D eigenvalue weighted by Gasteiger charge is -2.07. The van der Waals surface area contributed by atoms with Gasteiger partial charge in [-0.25, -0.2) is 0 Å². The van der Waals surface area contributed by atoms with Crippen molar-refractivity contribution in [3.8, 4) is 5.75 Å². The van der Waals surface area contributed by atoms with Crippen LogP contribution in [-0.4, -0.2) is 20.9 Å². The molecular weight excluding hydrogens is 284 g/mol. The van der Waals surface area contributed by atoms with E-state index in [1.807, 2.05) is 0 Å². The number of non-ortho nitro benzene ring substituents is 1. The molecule has 2 aromatic rings. The van der Waals surface area contributed by atoms with Crippen LogP contribution in [0.5, 0.6) is 5.75 Å². The first-order valence-corrected chi connectivity index (χ1v) is 5.86. The molecule has 0 bridgehead atoms. The Kier molecular flexibility index (Phi) is 3.86. The van der Waals surface area contributed by atoms with Crippen LogP contribution in [0.4, 0.5) is 5.69 Å². The Hall–Kier alpha value is -2.60. The molecule has 0 aromatic heterocycles. The summed E-state index contributed by atoms with van der Waals surface area (Å²) in [7, 11) is 0. The molecule has 2 aromatic carbocycles. The number of rotatable bonds is 3. The summed E-state index contributed by atoms with van der Waals surface area (Å²) in [6.45, 7) is 0. The molecule has 102 valence electrons. The molecule has 0 spiro atoms. The number of hydrogen-bond donors (Lipinski definition) is 2. The maximum atomic E-state index is 10.8. The molecule has 0 aliphatic carbocycles. The van der Waals surface area contributed by atoms with E-state index in [1.54, 1.807) is 0 Å². The Morgan fingerprint density at radius 1 is 1.25 bits per heavy atom. The van der Waals surface area contributed by atoms with Crippen molar-refractivity contribution >= 4 is 23.0 Å². The molecule has 0 aliphatic rings. The van der Waals surface area contributed by atoms with Crippen LogP contribution in [0.15, 0.2) is 47.6 Å². The van der Waals surface area contributed by atoms with Crippen LogP contribution in [0, 0.1) is 10.1 Å². The number of aromatic hydroxyl groups is 1. The number of benzene rings is 2. The van der Waals surface area contributed by atoms with Crippen LogP contribution in [0.1, 0.15) is 11.1 Å². The number of halogens is 1. The molecule has 0 heterocycles. The van der Waals surface area contributed by atoms with Gasteiger partial charge in [-0.3, -0.25) is 10.1 Å². The van der Waals surface area contributed by atoms with Gasteiger partial charge in [0.15, 0.2) is 0 Å². The Morgan fingerprint density at radius 2 is 2.00 bits per heavy atom. The SMILES string of the molecule is O=[N+]([O-])c1cccc(C(=NO)c2cc(Cl)ccc2O)c1. The lowest BCUT2D eigenvalue weighted by molar-refractivity contribution is -0.384. The number of nitro benzene ring substituents is 1. The fraction of sp³-hybridized carbons (Fsp3) is 0. The van der Waals surface area contributed by atoms with Crippen LogP contribution in [0.25, 0.3) is 0 Å². The molecule has 0 atom stereocenters. The largest absolute Gasteiger partial charge is 0.507 e. The van der Waals surface area contributed by atoms with Gasteiger partial charge in [-0.2, -0.15) is 0 Å². The number of nitro groups is 1. The summed E-state index contributed by atoms with van der Waals surface area (Å²) in [4.78, 5) is 10.2. The van der Waals surface area contributed by atoms with Crippen molar-refractivity contribution in [1.82, 2.24) is 0 Å². The molecule has 0 fully saturated rings. The highest BCUT2D eigenvalue weighted by atomic mass is 35.5. The zero-order valence-electron chi connectivity index (χ0n) is 10.0. The summed E-state index contributed by atoms with van der Waals surface area (Å²) in [6.07, 6.45) is 0. The molecule has 7 heteroatoms. The van der Waals surface area contributed by atoms with E-state index in [0.717, 1.165) is 0 Å². The minimum absolute atomic E-state index is 0.00583. The van der Waals surface area contributed by atoms with Crippen LogP contribution in [0.3, 0.4) is 0 Å². The Morgan fingerprint density at radius 3 is 2.65 bits per heavy atom. The van der Waals surface area contributed by atoms with Crippen molar-refractivity contribution in [2.24, 2.45) is 5.16 Å². The minimum Gasteiger partial charge on any atom is -0.507 e. The van der Waals surface area contributed by atoms with E-state index in [0.29, 0.717) is 10.6 Å². The smallest absolute Gasteiger partial charge is 0.270 e. The number of phenolic OH excluding ortho intramolecular Hbond substituents is 1. The molecule has 2 rings (SSSR count). The standard InChI is InChI=1S/C13H9ClN2O4/c14-9-4-5-12(17)11(7-9)13(15-18)8-2-1-3-10(6-8)16(19)20/h1-7,17-18H. The highest BCUT2D eigenvalue weighted by Crippen LogP contribution is 2.26. The van der Waals surface area contributed by atoms with Crippen molar-refractivity contribution in [2.45, 2.75) is 0 Å². The van der Waals surface area contributed by atoms with Crippen molar-refractivity contribution < 1.29 is 15.2 Å². The number of hydrogen-bond acceptors (Lipinski definition) is 5. The van der Waals surface area contributed by atoms with E-state index in [1.165, 1.54) is 42.5 Å². The van der Waals surface area contributed by atoms with Gasteiger partial charge in [0.25, 0.3) is 5.69 Å². The summed E-state index contributed by atoms with van der Waals surface area (Å²) in [5.74, 6) is -0.145. The minimum atomic E-state index is -0.559. The van der Waals surface area contributed by atoms with Gasteiger partial charge in [-0.15, -0.1) is 0 Å².